The van der Waals surface area contributed by atoms with Gasteiger partial charge < -0.3 is 9.30 Å². The molecule has 0 fully saturated rings. The third-order valence-corrected chi connectivity index (χ3v) is 2.71. The molecule has 2 aromatic rings. The van der Waals surface area contributed by atoms with Crippen LogP contribution >= 0.6 is 0 Å². The molecule has 90 valence electrons. The van der Waals surface area contributed by atoms with Gasteiger partial charge >= 0.3 is 0 Å². The van der Waals surface area contributed by atoms with E-state index in [4.69, 9.17) is 4.74 Å². The van der Waals surface area contributed by atoms with Gasteiger partial charge in [-0.2, -0.15) is 0 Å². The summed E-state index contributed by atoms with van der Waals surface area (Å²) in [6.45, 7) is 4.38. The third-order valence-electron chi connectivity index (χ3n) is 2.71. The van der Waals surface area contributed by atoms with E-state index in [-0.39, 0.29) is 0 Å². The predicted octanol–water partition coefficient (Wildman–Crippen LogP) is 2.66. The molecule has 0 atom stereocenters. The summed E-state index contributed by atoms with van der Waals surface area (Å²) < 4.78 is 7.79. The molecule has 0 aliphatic carbocycles. The number of aromatic nitrogens is 2. The number of imidazole rings is 1. The summed E-state index contributed by atoms with van der Waals surface area (Å²) in [5.74, 6) is 1.12. The Morgan fingerprint density at radius 1 is 1.24 bits per heavy atom. The number of benzene rings is 1. The summed E-state index contributed by atoms with van der Waals surface area (Å²) in [4.78, 5) is 4.28. The molecule has 0 N–H and O–H groups in total. The van der Waals surface area contributed by atoms with Crippen molar-refractivity contribution in [3.05, 3.63) is 54.1 Å². The van der Waals surface area contributed by atoms with Crippen LogP contribution in [0.2, 0.25) is 0 Å². The fraction of sp³-hybridized carbons (Fsp3) is 0.357. The summed E-state index contributed by atoms with van der Waals surface area (Å²) in [5.41, 5.74) is 1.22. The minimum atomic E-state index is 0.678. The highest BCUT2D eigenvalue weighted by Gasteiger charge is 1.99. The van der Waals surface area contributed by atoms with Crippen LogP contribution in [-0.4, -0.2) is 16.2 Å². The first-order valence-electron chi connectivity index (χ1n) is 6.02. The smallest absolute Gasteiger partial charge is 0.108 e. The Bertz CT molecular complexity index is 436. The van der Waals surface area contributed by atoms with Gasteiger partial charge in [-0.3, -0.25) is 0 Å². The van der Waals surface area contributed by atoms with Crippen molar-refractivity contribution in [3.8, 4) is 0 Å². The fourth-order valence-electron chi connectivity index (χ4n) is 1.79. The van der Waals surface area contributed by atoms with Gasteiger partial charge in [0.1, 0.15) is 5.82 Å². The molecule has 0 aliphatic rings. The Balaban J connectivity index is 1.73. The summed E-state index contributed by atoms with van der Waals surface area (Å²) in [7, 11) is 0. The molecule has 0 saturated carbocycles. The Labute approximate surface area is 102 Å². The van der Waals surface area contributed by atoms with Crippen LogP contribution in [-0.2, 0) is 24.3 Å². The molecule has 1 aromatic heterocycles. The first kappa shape index (κ1) is 11.9. The van der Waals surface area contributed by atoms with E-state index in [0.717, 1.165) is 25.4 Å². The Morgan fingerprint density at radius 2 is 2.06 bits per heavy atom. The Hall–Kier alpha value is -1.61. The van der Waals surface area contributed by atoms with Crippen molar-refractivity contribution in [3.63, 3.8) is 0 Å². The number of hydrogen-bond donors (Lipinski definition) is 0. The van der Waals surface area contributed by atoms with Crippen molar-refractivity contribution in [2.45, 2.75) is 26.5 Å². The van der Waals surface area contributed by atoms with Crippen LogP contribution < -0.4 is 0 Å². The van der Waals surface area contributed by atoms with E-state index >= 15 is 0 Å². The lowest BCUT2D eigenvalue weighted by molar-refractivity contribution is 0.112. The van der Waals surface area contributed by atoms with Gasteiger partial charge in [0.2, 0.25) is 0 Å². The Kier molecular flexibility index (Phi) is 4.33. The predicted molar refractivity (Wildman–Crippen MR) is 67.7 cm³/mol. The first-order chi connectivity index (χ1) is 8.40. The van der Waals surface area contributed by atoms with Gasteiger partial charge in [-0.1, -0.05) is 37.3 Å². The van der Waals surface area contributed by atoms with Crippen LogP contribution in [0.3, 0.4) is 0 Å². The van der Waals surface area contributed by atoms with E-state index in [9.17, 15) is 0 Å². The van der Waals surface area contributed by atoms with Crippen molar-refractivity contribution in [2.24, 2.45) is 0 Å². The molecule has 0 radical (unpaired) electrons. The maximum absolute atomic E-state index is 5.64. The van der Waals surface area contributed by atoms with Crippen LogP contribution in [0, 0.1) is 0 Å². The van der Waals surface area contributed by atoms with E-state index in [1.165, 1.54) is 5.56 Å². The average Bonchev–Trinajstić information content (AvgIpc) is 2.83. The van der Waals surface area contributed by atoms with Crippen LogP contribution in [0.25, 0.3) is 0 Å². The number of ether oxygens (including phenoxy) is 1. The van der Waals surface area contributed by atoms with Crippen molar-refractivity contribution in [1.29, 1.82) is 0 Å². The number of aryl methyl sites for hydroxylation is 1. The molecular formula is C14H18N2O. The van der Waals surface area contributed by atoms with E-state index < -0.39 is 0 Å². The second-order valence-electron chi connectivity index (χ2n) is 3.93. The molecule has 0 spiro atoms. The SMILES string of the molecule is CCc1nccn1CCOCc1ccccc1. The van der Waals surface area contributed by atoms with E-state index in [1.807, 2.05) is 30.6 Å². The van der Waals surface area contributed by atoms with Crippen LogP contribution in [0.1, 0.15) is 18.3 Å². The van der Waals surface area contributed by atoms with Crippen molar-refractivity contribution >= 4 is 0 Å². The summed E-state index contributed by atoms with van der Waals surface area (Å²) in [6.07, 6.45) is 4.81. The Morgan fingerprint density at radius 3 is 2.82 bits per heavy atom. The molecule has 0 saturated heterocycles. The van der Waals surface area contributed by atoms with Gasteiger partial charge in [-0.05, 0) is 5.56 Å². The highest BCUT2D eigenvalue weighted by Crippen LogP contribution is 2.02. The van der Waals surface area contributed by atoms with Gasteiger partial charge in [-0.15, -0.1) is 0 Å². The monoisotopic (exact) mass is 230 g/mol. The standard InChI is InChI=1S/C14H18N2O/c1-2-14-15-8-9-16(14)10-11-17-12-13-6-4-3-5-7-13/h3-9H,2,10-12H2,1H3. The highest BCUT2D eigenvalue weighted by molar-refractivity contribution is 5.13. The molecule has 0 bridgehead atoms. The second-order valence-corrected chi connectivity index (χ2v) is 3.93. The molecule has 0 unspecified atom stereocenters. The zero-order valence-corrected chi connectivity index (χ0v) is 10.2. The topological polar surface area (TPSA) is 27.1 Å². The number of nitrogens with zero attached hydrogens (tertiary/aromatic N) is 2. The van der Waals surface area contributed by atoms with Crippen LogP contribution in [0.5, 0.6) is 0 Å². The maximum atomic E-state index is 5.64. The average molecular weight is 230 g/mol. The largest absolute Gasteiger partial charge is 0.375 e. The highest BCUT2D eigenvalue weighted by atomic mass is 16.5. The molecule has 1 heterocycles. The molecule has 1 aromatic carbocycles. The molecule has 17 heavy (non-hydrogen) atoms. The van der Waals surface area contributed by atoms with Gasteiger partial charge in [0, 0.05) is 25.4 Å². The van der Waals surface area contributed by atoms with Gasteiger partial charge in [-0.25, -0.2) is 4.98 Å². The van der Waals surface area contributed by atoms with Crippen molar-refractivity contribution in [2.75, 3.05) is 6.61 Å². The summed E-state index contributed by atoms with van der Waals surface area (Å²) in [6, 6.07) is 10.2. The lowest BCUT2D eigenvalue weighted by atomic mass is 10.2. The number of hydrogen-bond acceptors (Lipinski definition) is 2. The van der Waals surface area contributed by atoms with Crippen molar-refractivity contribution in [1.82, 2.24) is 9.55 Å². The molecule has 2 rings (SSSR count). The van der Waals surface area contributed by atoms with Gasteiger partial charge in [0.25, 0.3) is 0 Å². The van der Waals surface area contributed by atoms with Gasteiger partial charge in [0.15, 0.2) is 0 Å². The lowest BCUT2D eigenvalue weighted by Gasteiger charge is -2.07. The minimum Gasteiger partial charge on any atom is -0.375 e. The number of rotatable bonds is 6. The van der Waals surface area contributed by atoms with Crippen molar-refractivity contribution < 1.29 is 4.74 Å². The summed E-state index contributed by atoms with van der Waals surface area (Å²) >= 11 is 0. The molecule has 3 nitrogen and oxygen atoms in total. The van der Waals surface area contributed by atoms with Crippen LogP contribution in [0.4, 0.5) is 0 Å². The zero-order chi connectivity index (χ0) is 11.9. The minimum absolute atomic E-state index is 0.678. The quantitative estimate of drug-likeness (QED) is 0.713. The maximum Gasteiger partial charge on any atom is 0.108 e. The molecule has 0 amide bonds. The summed E-state index contributed by atoms with van der Waals surface area (Å²) in [5, 5.41) is 0. The first-order valence-corrected chi connectivity index (χ1v) is 6.02. The van der Waals surface area contributed by atoms with E-state index in [0.29, 0.717) is 6.61 Å². The van der Waals surface area contributed by atoms with Crippen LogP contribution in [0.15, 0.2) is 42.7 Å². The lowest BCUT2D eigenvalue weighted by Crippen LogP contribution is -2.08. The normalized spacial score (nSPS) is 10.6. The second kappa shape index (κ2) is 6.21. The van der Waals surface area contributed by atoms with Gasteiger partial charge in [0.05, 0.1) is 13.2 Å². The fourth-order valence-corrected chi connectivity index (χ4v) is 1.79. The molecule has 3 heteroatoms. The van der Waals surface area contributed by atoms with E-state index in [2.05, 4.69) is 28.6 Å². The molecule has 0 aliphatic heterocycles. The third kappa shape index (κ3) is 3.43. The molecular weight excluding hydrogens is 212 g/mol. The zero-order valence-electron chi connectivity index (χ0n) is 10.2. The van der Waals surface area contributed by atoms with E-state index in [1.54, 1.807) is 0 Å².